The third-order valence-corrected chi connectivity index (χ3v) is 8.26. The van der Waals surface area contributed by atoms with Crippen LogP contribution in [0.4, 0.5) is 4.39 Å². The molecule has 4 unspecified atom stereocenters. The van der Waals surface area contributed by atoms with Crippen LogP contribution in [0.3, 0.4) is 0 Å². The fraction of sp³-hybridized carbons (Fsp3) is 0.684. The Bertz CT molecular complexity index is 673. The Morgan fingerprint density at radius 1 is 1.25 bits per heavy atom. The fourth-order valence-electron chi connectivity index (χ4n) is 5.31. The van der Waals surface area contributed by atoms with E-state index in [-0.39, 0.29) is 23.1 Å². The lowest BCUT2D eigenvalue weighted by Gasteiger charge is -2.48. The first-order valence-electron chi connectivity index (χ1n) is 8.92. The molecule has 2 heterocycles. The topological polar surface area (TPSA) is 27.7 Å². The molecule has 0 radical (unpaired) electrons. The second-order valence-corrected chi connectivity index (χ2v) is 8.64. The van der Waals surface area contributed by atoms with Crippen LogP contribution in [0.1, 0.15) is 44.1 Å². The summed E-state index contributed by atoms with van der Waals surface area (Å²) in [5.41, 5.74) is 1.24. The molecule has 2 saturated heterocycles. The zero-order valence-electron chi connectivity index (χ0n) is 13.7. The van der Waals surface area contributed by atoms with Crippen molar-refractivity contribution < 1.29 is 18.6 Å². The van der Waals surface area contributed by atoms with Crippen molar-refractivity contribution in [3.8, 4) is 5.75 Å². The molecule has 4 aliphatic rings. The van der Waals surface area contributed by atoms with Crippen molar-refractivity contribution in [3.05, 3.63) is 29.6 Å². The summed E-state index contributed by atoms with van der Waals surface area (Å²) >= 11 is 2.48. The Labute approximate surface area is 155 Å². The van der Waals surface area contributed by atoms with E-state index in [2.05, 4.69) is 22.6 Å². The number of ether oxygens (including phenoxy) is 3. The van der Waals surface area contributed by atoms with Gasteiger partial charge in [0.15, 0.2) is 6.29 Å². The highest BCUT2D eigenvalue weighted by molar-refractivity contribution is 14.1. The number of hydrogen-bond acceptors (Lipinski definition) is 3. The summed E-state index contributed by atoms with van der Waals surface area (Å²) in [4.78, 5) is 0. The van der Waals surface area contributed by atoms with Crippen LogP contribution in [0, 0.1) is 16.6 Å². The number of hydrogen-bond donors (Lipinski definition) is 0. The predicted octanol–water partition coefficient (Wildman–Crippen LogP) is 4.56. The normalized spacial score (nSPS) is 42.8. The van der Waals surface area contributed by atoms with Crippen molar-refractivity contribution in [2.24, 2.45) is 10.8 Å². The van der Waals surface area contributed by atoms with E-state index in [1.807, 2.05) is 6.07 Å². The van der Waals surface area contributed by atoms with Gasteiger partial charge in [-0.3, -0.25) is 0 Å². The molecule has 5 rings (SSSR count). The van der Waals surface area contributed by atoms with Gasteiger partial charge in [-0.2, -0.15) is 0 Å². The Hall–Kier alpha value is -0.400. The monoisotopic (exact) mass is 444 g/mol. The lowest BCUT2D eigenvalue weighted by Crippen LogP contribution is -2.46. The van der Waals surface area contributed by atoms with Crippen molar-refractivity contribution in [3.63, 3.8) is 0 Å². The first kappa shape index (κ1) is 15.8. The van der Waals surface area contributed by atoms with E-state index in [0.29, 0.717) is 11.2 Å². The number of rotatable bonds is 4. The molecular formula is C19H22FIO3. The largest absolute Gasteiger partial charge is 0.465 e. The van der Waals surface area contributed by atoms with Gasteiger partial charge >= 0.3 is 0 Å². The number of alkyl halides is 1. The molecule has 5 heteroatoms. The van der Waals surface area contributed by atoms with Gasteiger partial charge in [-0.15, -0.1) is 0 Å². The van der Waals surface area contributed by atoms with E-state index < -0.39 is 0 Å². The second kappa shape index (κ2) is 5.30. The zero-order valence-corrected chi connectivity index (χ0v) is 15.8. The average molecular weight is 444 g/mol. The van der Waals surface area contributed by atoms with Gasteiger partial charge in [-0.1, -0.05) is 22.6 Å². The lowest BCUT2D eigenvalue weighted by molar-refractivity contribution is -0.126. The van der Waals surface area contributed by atoms with E-state index in [9.17, 15) is 4.39 Å². The van der Waals surface area contributed by atoms with Crippen molar-refractivity contribution >= 4 is 22.6 Å². The summed E-state index contributed by atoms with van der Waals surface area (Å²) in [6.07, 6.45) is 6.22. The highest BCUT2D eigenvalue weighted by Gasteiger charge is 2.84. The van der Waals surface area contributed by atoms with Crippen LogP contribution in [0.15, 0.2) is 18.2 Å². The SMILES string of the molecule is Fc1cc(OC2CCCCO2)cc(C23CCC24CC4(CI)CO3)c1. The molecule has 3 nitrogen and oxygen atoms in total. The van der Waals surface area contributed by atoms with Crippen LogP contribution in [0.25, 0.3) is 0 Å². The maximum absolute atomic E-state index is 14.3. The summed E-state index contributed by atoms with van der Waals surface area (Å²) in [5.74, 6) is 0.329. The number of halogens is 2. The zero-order chi connectivity index (χ0) is 16.4. The molecular weight excluding hydrogens is 422 g/mol. The molecule has 1 aromatic carbocycles. The van der Waals surface area contributed by atoms with E-state index in [0.717, 1.165) is 48.9 Å². The minimum absolute atomic E-state index is 0.244. The third kappa shape index (κ3) is 1.95. The van der Waals surface area contributed by atoms with Crippen LogP contribution < -0.4 is 4.74 Å². The highest BCUT2D eigenvalue weighted by Crippen LogP contribution is 2.86. The quantitative estimate of drug-likeness (QED) is 0.504. The predicted molar refractivity (Wildman–Crippen MR) is 95.9 cm³/mol. The van der Waals surface area contributed by atoms with Crippen LogP contribution in [-0.2, 0) is 15.1 Å². The summed E-state index contributed by atoms with van der Waals surface area (Å²) < 4.78 is 33.3. The molecule has 2 saturated carbocycles. The Balaban J connectivity index is 1.45. The molecule has 2 aliphatic heterocycles. The third-order valence-electron chi connectivity index (χ3n) is 6.80. The van der Waals surface area contributed by atoms with Gasteiger partial charge in [-0.25, -0.2) is 4.39 Å². The van der Waals surface area contributed by atoms with Gasteiger partial charge in [0.05, 0.1) is 18.8 Å². The maximum atomic E-state index is 14.3. The van der Waals surface area contributed by atoms with E-state index in [1.165, 1.54) is 18.9 Å². The summed E-state index contributed by atoms with van der Waals surface area (Å²) in [5, 5.41) is 0. The van der Waals surface area contributed by atoms with E-state index in [1.54, 1.807) is 6.07 Å². The van der Waals surface area contributed by atoms with Gasteiger partial charge in [0.25, 0.3) is 0 Å². The van der Waals surface area contributed by atoms with Crippen molar-refractivity contribution in [1.82, 2.24) is 0 Å². The highest BCUT2D eigenvalue weighted by atomic mass is 127. The van der Waals surface area contributed by atoms with Crippen LogP contribution in [0.5, 0.6) is 5.75 Å². The minimum atomic E-state index is -0.286. The average Bonchev–Trinajstić information content (AvgIpc) is 3.23. The van der Waals surface area contributed by atoms with E-state index >= 15 is 0 Å². The van der Waals surface area contributed by atoms with Gasteiger partial charge in [-0.05, 0) is 49.8 Å². The number of benzene rings is 1. The first-order valence-corrected chi connectivity index (χ1v) is 10.5. The van der Waals surface area contributed by atoms with Crippen LogP contribution >= 0.6 is 22.6 Å². The van der Waals surface area contributed by atoms with Crippen LogP contribution in [-0.4, -0.2) is 23.9 Å². The Morgan fingerprint density at radius 2 is 2.17 bits per heavy atom. The molecule has 0 amide bonds. The molecule has 4 atom stereocenters. The van der Waals surface area contributed by atoms with E-state index in [4.69, 9.17) is 14.2 Å². The van der Waals surface area contributed by atoms with Crippen molar-refractivity contribution in [2.75, 3.05) is 17.6 Å². The minimum Gasteiger partial charge on any atom is -0.465 e. The lowest BCUT2D eigenvalue weighted by atomic mass is 9.61. The maximum Gasteiger partial charge on any atom is 0.199 e. The molecule has 24 heavy (non-hydrogen) atoms. The first-order chi connectivity index (χ1) is 11.6. The summed E-state index contributed by atoms with van der Waals surface area (Å²) in [6, 6.07) is 5.11. The summed E-state index contributed by atoms with van der Waals surface area (Å²) in [7, 11) is 0. The molecule has 1 spiro atoms. The molecule has 2 aliphatic carbocycles. The van der Waals surface area contributed by atoms with Gasteiger partial charge in [0.1, 0.15) is 11.6 Å². The van der Waals surface area contributed by atoms with Crippen molar-refractivity contribution in [1.29, 1.82) is 0 Å². The smallest absolute Gasteiger partial charge is 0.199 e. The van der Waals surface area contributed by atoms with Crippen LogP contribution in [0.2, 0.25) is 0 Å². The molecule has 130 valence electrons. The molecule has 1 aromatic rings. The Kier molecular flexibility index (Phi) is 3.49. The van der Waals surface area contributed by atoms with Crippen molar-refractivity contribution in [2.45, 2.75) is 50.4 Å². The summed E-state index contributed by atoms with van der Waals surface area (Å²) in [6.45, 7) is 1.54. The van der Waals surface area contributed by atoms with Gasteiger partial charge in [0.2, 0.25) is 0 Å². The van der Waals surface area contributed by atoms with Gasteiger partial charge < -0.3 is 14.2 Å². The molecule has 0 bridgehead atoms. The molecule has 0 aromatic heterocycles. The standard InChI is InChI=1S/C19H22FIO3/c20-14-7-13(8-15(9-14)24-16-3-1-2-6-22-16)19-5-4-18(19)10-17(18,11-21)12-23-19/h7-9,16H,1-6,10-12H2. The Morgan fingerprint density at radius 3 is 2.83 bits per heavy atom. The fourth-order valence-corrected chi connectivity index (χ4v) is 6.53. The second-order valence-electron chi connectivity index (χ2n) is 7.88. The molecule has 0 N–H and O–H groups in total. The van der Waals surface area contributed by atoms with Gasteiger partial charge in [0, 0.05) is 27.7 Å². The molecule has 4 fully saturated rings.